The molecule has 0 aliphatic heterocycles. The van der Waals surface area contributed by atoms with Crippen LogP contribution in [0, 0.1) is 0 Å². The monoisotopic (exact) mass is 202 g/mol. The first kappa shape index (κ1) is 10.2. The van der Waals surface area contributed by atoms with E-state index in [-0.39, 0.29) is 17.4 Å². The Morgan fingerprint density at radius 1 is 1.46 bits per heavy atom. The Morgan fingerprint density at radius 3 is 2.69 bits per heavy atom. The minimum absolute atomic E-state index is 0.0107. The summed E-state index contributed by atoms with van der Waals surface area (Å²) < 4.78 is 4.96. The minimum atomic E-state index is -0.0307. The Labute approximate surface area is 81.5 Å². The first-order valence-electron chi connectivity index (χ1n) is 3.85. The van der Waals surface area contributed by atoms with Crippen molar-refractivity contribution in [1.29, 1.82) is 0 Å². The van der Waals surface area contributed by atoms with Gasteiger partial charge in [0.25, 0.3) is 0 Å². The third-order valence-corrected chi connectivity index (χ3v) is 2.02. The van der Waals surface area contributed by atoms with E-state index < -0.39 is 0 Å². The summed E-state index contributed by atoms with van der Waals surface area (Å²) in [6.45, 7) is -0.0307. The number of aliphatic hydroxyl groups excluding tert-OH is 1. The predicted molar refractivity (Wildman–Crippen MR) is 50.5 cm³/mol. The lowest BCUT2D eigenvalue weighted by molar-refractivity contribution is 0.297. The van der Waals surface area contributed by atoms with E-state index in [2.05, 4.69) is 0 Å². The smallest absolute Gasteiger partial charge is 0.137 e. The molecule has 1 rings (SSSR count). The summed E-state index contributed by atoms with van der Waals surface area (Å²) >= 11 is 5.72. The van der Waals surface area contributed by atoms with Crippen LogP contribution < -0.4 is 4.74 Å². The standard InChI is InChI=1S/C9H11ClO3/c1-13-7-4-6(2-3-11)9(12)8(10)5-7/h4-5,11-12H,2-3H2,1H3. The highest BCUT2D eigenvalue weighted by atomic mass is 35.5. The molecule has 72 valence electrons. The summed E-state index contributed by atoms with van der Waals surface area (Å²) in [6.07, 6.45) is 0.364. The third kappa shape index (κ3) is 2.26. The molecule has 1 aromatic rings. The Hall–Kier alpha value is -0.930. The second-order valence-corrected chi connectivity index (χ2v) is 3.00. The van der Waals surface area contributed by atoms with Crippen molar-refractivity contribution >= 4 is 11.6 Å². The summed E-state index contributed by atoms with van der Waals surface area (Å²) in [5.41, 5.74) is 0.590. The van der Waals surface area contributed by atoms with Gasteiger partial charge in [-0.1, -0.05) is 11.6 Å². The van der Waals surface area contributed by atoms with Crippen LogP contribution in [-0.4, -0.2) is 23.9 Å². The number of rotatable bonds is 3. The van der Waals surface area contributed by atoms with Crippen LogP contribution in [0.3, 0.4) is 0 Å². The fraction of sp³-hybridized carbons (Fsp3) is 0.333. The summed E-state index contributed by atoms with van der Waals surface area (Å²) in [5.74, 6) is 0.586. The van der Waals surface area contributed by atoms with Crippen molar-refractivity contribution in [1.82, 2.24) is 0 Å². The molecule has 0 aliphatic carbocycles. The summed E-state index contributed by atoms with van der Waals surface area (Å²) in [6, 6.07) is 3.18. The number of ether oxygens (including phenoxy) is 1. The van der Waals surface area contributed by atoms with Crippen molar-refractivity contribution in [3.05, 3.63) is 22.7 Å². The maximum atomic E-state index is 9.45. The maximum Gasteiger partial charge on any atom is 0.137 e. The van der Waals surface area contributed by atoms with Gasteiger partial charge in [0.05, 0.1) is 12.1 Å². The highest BCUT2D eigenvalue weighted by Crippen LogP contribution is 2.32. The third-order valence-electron chi connectivity index (χ3n) is 1.73. The molecule has 13 heavy (non-hydrogen) atoms. The van der Waals surface area contributed by atoms with Gasteiger partial charge in [-0.25, -0.2) is 0 Å². The predicted octanol–water partition coefficient (Wildman–Crippen LogP) is 1.59. The van der Waals surface area contributed by atoms with Gasteiger partial charge >= 0.3 is 0 Å². The van der Waals surface area contributed by atoms with Crippen molar-refractivity contribution in [2.45, 2.75) is 6.42 Å². The maximum absolute atomic E-state index is 9.45. The van der Waals surface area contributed by atoms with Gasteiger partial charge in [-0.15, -0.1) is 0 Å². The summed E-state index contributed by atoms with van der Waals surface area (Å²) in [5, 5.41) is 18.4. The van der Waals surface area contributed by atoms with Crippen LogP contribution in [-0.2, 0) is 6.42 Å². The lowest BCUT2D eigenvalue weighted by atomic mass is 10.1. The Bertz CT molecular complexity index is 299. The fourth-order valence-corrected chi connectivity index (χ4v) is 1.29. The van der Waals surface area contributed by atoms with Crippen LogP contribution in [0.15, 0.2) is 12.1 Å². The second kappa shape index (κ2) is 4.35. The zero-order valence-corrected chi connectivity index (χ0v) is 8.01. The van der Waals surface area contributed by atoms with Gasteiger partial charge < -0.3 is 14.9 Å². The lowest BCUT2D eigenvalue weighted by Gasteiger charge is -2.07. The fourth-order valence-electron chi connectivity index (χ4n) is 1.06. The zero-order valence-electron chi connectivity index (χ0n) is 7.25. The van der Waals surface area contributed by atoms with Gasteiger partial charge in [-0.3, -0.25) is 0 Å². The van der Waals surface area contributed by atoms with Crippen LogP contribution in [0.4, 0.5) is 0 Å². The van der Waals surface area contributed by atoms with E-state index in [9.17, 15) is 5.11 Å². The number of hydrogen-bond acceptors (Lipinski definition) is 3. The van der Waals surface area contributed by atoms with Gasteiger partial charge in [-0.2, -0.15) is 0 Å². The molecule has 0 fully saturated rings. The van der Waals surface area contributed by atoms with Crippen molar-refractivity contribution in [2.24, 2.45) is 0 Å². The average molecular weight is 203 g/mol. The summed E-state index contributed by atoms with van der Waals surface area (Å²) in [7, 11) is 1.52. The number of phenolic OH excluding ortho intramolecular Hbond substituents is 1. The highest BCUT2D eigenvalue weighted by molar-refractivity contribution is 6.32. The molecule has 1 aromatic carbocycles. The van der Waals surface area contributed by atoms with Gasteiger partial charge in [0.15, 0.2) is 0 Å². The van der Waals surface area contributed by atoms with Crippen molar-refractivity contribution in [3.8, 4) is 11.5 Å². The molecule has 0 heterocycles. The Kier molecular flexibility index (Phi) is 3.39. The van der Waals surface area contributed by atoms with Crippen molar-refractivity contribution < 1.29 is 14.9 Å². The number of hydrogen-bond donors (Lipinski definition) is 2. The highest BCUT2D eigenvalue weighted by Gasteiger charge is 2.07. The van der Waals surface area contributed by atoms with E-state index in [1.54, 1.807) is 6.07 Å². The molecular weight excluding hydrogens is 192 g/mol. The zero-order chi connectivity index (χ0) is 9.84. The quantitative estimate of drug-likeness (QED) is 0.783. The lowest BCUT2D eigenvalue weighted by Crippen LogP contribution is -1.93. The normalized spacial score (nSPS) is 10.1. The largest absolute Gasteiger partial charge is 0.506 e. The van der Waals surface area contributed by atoms with Crippen LogP contribution in [0.25, 0.3) is 0 Å². The molecule has 3 nitrogen and oxygen atoms in total. The minimum Gasteiger partial charge on any atom is -0.506 e. The number of methoxy groups -OCH3 is 1. The van der Waals surface area contributed by atoms with Crippen LogP contribution in [0.2, 0.25) is 5.02 Å². The number of halogens is 1. The topological polar surface area (TPSA) is 49.7 Å². The molecule has 0 saturated carbocycles. The number of benzene rings is 1. The number of phenols is 1. The molecule has 0 atom stereocenters. The second-order valence-electron chi connectivity index (χ2n) is 2.59. The SMILES string of the molecule is COc1cc(Cl)c(O)c(CCO)c1. The molecule has 0 bridgehead atoms. The molecular formula is C9H11ClO3. The molecule has 0 amide bonds. The van der Waals surface area contributed by atoms with Crippen LogP contribution >= 0.6 is 11.6 Å². The molecule has 0 aromatic heterocycles. The molecule has 0 radical (unpaired) electrons. The van der Waals surface area contributed by atoms with E-state index in [0.717, 1.165) is 0 Å². The van der Waals surface area contributed by atoms with Crippen LogP contribution in [0.5, 0.6) is 11.5 Å². The van der Waals surface area contributed by atoms with E-state index in [1.807, 2.05) is 0 Å². The van der Waals surface area contributed by atoms with Gasteiger partial charge in [0, 0.05) is 18.2 Å². The first-order chi connectivity index (χ1) is 6.19. The molecule has 0 saturated heterocycles. The number of aliphatic hydroxyl groups is 1. The molecule has 0 spiro atoms. The van der Waals surface area contributed by atoms with E-state index in [0.29, 0.717) is 17.7 Å². The van der Waals surface area contributed by atoms with E-state index in [4.69, 9.17) is 21.4 Å². The average Bonchev–Trinajstić information content (AvgIpc) is 2.13. The molecule has 0 aliphatic rings. The Balaban J connectivity index is 3.09. The molecule has 0 unspecified atom stereocenters. The van der Waals surface area contributed by atoms with Crippen LogP contribution in [0.1, 0.15) is 5.56 Å². The van der Waals surface area contributed by atoms with Gasteiger partial charge in [-0.05, 0) is 12.5 Å². The van der Waals surface area contributed by atoms with Crippen molar-refractivity contribution in [3.63, 3.8) is 0 Å². The molecule has 4 heteroatoms. The van der Waals surface area contributed by atoms with E-state index in [1.165, 1.54) is 13.2 Å². The molecule has 2 N–H and O–H groups in total. The van der Waals surface area contributed by atoms with Gasteiger partial charge in [0.2, 0.25) is 0 Å². The summed E-state index contributed by atoms with van der Waals surface area (Å²) in [4.78, 5) is 0. The van der Waals surface area contributed by atoms with Gasteiger partial charge in [0.1, 0.15) is 11.5 Å². The first-order valence-corrected chi connectivity index (χ1v) is 4.23. The van der Waals surface area contributed by atoms with E-state index >= 15 is 0 Å². The number of aromatic hydroxyl groups is 1. The van der Waals surface area contributed by atoms with Crippen molar-refractivity contribution in [2.75, 3.05) is 13.7 Å². The Morgan fingerprint density at radius 2 is 2.15 bits per heavy atom.